The van der Waals surface area contributed by atoms with Crippen molar-refractivity contribution < 1.29 is 9.47 Å². The zero-order valence-corrected chi connectivity index (χ0v) is 12.7. The normalized spacial score (nSPS) is 14.9. The minimum Gasteiger partial charge on any atom is -0.486 e. The quantitative estimate of drug-likeness (QED) is 0.714. The molecule has 0 aliphatic carbocycles. The summed E-state index contributed by atoms with van der Waals surface area (Å²) in [5, 5.41) is 0.800. The fourth-order valence-corrected chi connectivity index (χ4v) is 2.89. The van der Waals surface area contributed by atoms with Gasteiger partial charge in [-0.05, 0) is 41.5 Å². The van der Waals surface area contributed by atoms with Crippen molar-refractivity contribution in [1.82, 2.24) is 0 Å². The van der Waals surface area contributed by atoms with Crippen molar-refractivity contribution in [2.24, 2.45) is 0 Å². The smallest absolute Gasteiger partial charge is 0.161 e. The second-order valence-electron chi connectivity index (χ2n) is 4.43. The number of benzene rings is 2. The van der Waals surface area contributed by atoms with E-state index in [1.807, 2.05) is 18.2 Å². The minimum atomic E-state index is -0.392. The number of alkyl halides is 1. The topological polar surface area (TPSA) is 18.5 Å². The maximum Gasteiger partial charge on any atom is 0.161 e. The monoisotopic (exact) mass is 328 g/mol. The molecule has 5 heteroatoms. The lowest BCUT2D eigenvalue weighted by atomic mass is 10.0. The summed E-state index contributed by atoms with van der Waals surface area (Å²) < 4.78 is 11.1. The van der Waals surface area contributed by atoms with Gasteiger partial charge in [0.25, 0.3) is 0 Å². The molecule has 1 aliphatic rings. The van der Waals surface area contributed by atoms with Gasteiger partial charge in [0.15, 0.2) is 11.5 Å². The second-order valence-corrected chi connectivity index (χ2v) is 5.71. The number of halogens is 3. The van der Waals surface area contributed by atoms with Crippen LogP contribution < -0.4 is 9.47 Å². The molecular formula is C15H11Cl3O2. The van der Waals surface area contributed by atoms with E-state index in [4.69, 9.17) is 44.3 Å². The largest absolute Gasteiger partial charge is 0.486 e. The lowest BCUT2D eigenvalue weighted by Crippen LogP contribution is -2.15. The Morgan fingerprint density at radius 3 is 2.45 bits per heavy atom. The fourth-order valence-electron chi connectivity index (χ4n) is 2.11. The van der Waals surface area contributed by atoms with Crippen molar-refractivity contribution in [3.05, 3.63) is 57.6 Å². The van der Waals surface area contributed by atoms with E-state index in [0.717, 1.165) is 16.9 Å². The SMILES string of the molecule is Clc1ccc(Cl)c(C(Cl)c2ccc3c(c2)OCCO3)c1. The van der Waals surface area contributed by atoms with E-state index in [0.29, 0.717) is 29.0 Å². The summed E-state index contributed by atoms with van der Waals surface area (Å²) in [6.45, 7) is 1.11. The molecule has 3 rings (SSSR count). The number of hydrogen-bond donors (Lipinski definition) is 0. The van der Waals surface area contributed by atoms with E-state index in [-0.39, 0.29) is 0 Å². The van der Waals surface area contributed by atoms with E-state index >= 15 is 0 Å². The molecule has 104 valence electrons. The fraction of sp³-hybridized carbons (Fsp3) is 0.200. The molecular weight excluding hydrogens is 319 g/mol. The van der Waals surface area contributed by atoms with Crippen LogP contribution in [0.25, 0.3) is 0 Å². The molecule has 1 heterocycles. The summed E-state index contributed by atoms with van der Waals surface area (Å²) in [5.41, 5.74) is 1.66. The summed E-state index contributed by atoms with van der Waals surface area (Å²) in [4.78, 5) is 0. The Balaban J connectivity index is 1.97. The molecule has 0 spiro atoms. The summed E-state index contributed by atoms with van der Waals surface area (Å²) in [6, 6.07) is 10.9. The van der Waals surface area contributed by atoms with Gasteiger partial charge in [0.05, 0.1) is 5.38 Å². The Morgan fingerprint density at radius 1 is 0.900 bits per heavy atom. The van der Waals surface area contributed by atoms with Gasteiger partial charge in [0.2, 0.25) is 0 Å². The first-order chi connectivity index (χ1) is 9.65. The van der Waals surface area contributed by atoms with Crippen LogP contribution in [-0.4, -0.2) is 13.2 Å². The van der Waals surface area contributed by atoms with Crippen molar-refractivity contribution >= 4 is 34.8 Å². The molecule has 0 aromatic heterocycles. The molecule has 1 unspecified atom stereocenters. The van der Waals surface area contributed by atoms with Gasteiger partial charge in [0.1, 0.15) is 13.2 Å². The number of hydrogen-bond acceptors (Lipinski definition) is 2. The minimum absolute atomic E-state index is 0.392. The van der Waals surface area contributed by atoms with Gasteiger partial charge >= 0.3 is 0 Å². The lowest BCUT2D eigenvalue weighted by molar-refractivity contribution is 0.171. The second kappa shape index (κ2) is 5.72. The molecule has 1 atom stereocenters. The summed E-state index contributed by atoms with van der Waals surface area (Å²) in [6.07, 6.45) is 0. The van der Waals surface area contributed by atoms with Gasteiger partial charge in [-0.3, -0.25) is 0 Å². The molecule has 0 fully saturated rings. The van der Waals surface area contributed by atoms with E-state index in [9.17, 15) is 0 Å². The Hall–Kier alpha value is -1.09. The van der Waals surface area contributed by atoms with Gasteiger partial charge in [-0.1, -0.05) is 29.3 Å². The molecule has 2 aromatic rings. The van der Waals surface area contributed by atoms with Crippen molar-refractivity contribution in [1.29, 1.82) is 0 Å². The predicted octanol–water partition coefficient (Wildman–Crippen LogP) is 5.09. The van der Waals surface area contributed by atoms with E-state index in [1.54, 1.807) is 18.2 Å². The van der Waals surface area contributed by atoms with Crippen molar-refractivity contribution in [2.45, 2.75) is 5.38 Å². The maximum atomic E-state index is 6.51. The van der Waals surface area contributed by atoms with Crippen molar-refractivity contribution in [3.63, 3.8) is 0 Å². The first-order valence-corrected chi connectivity index (χ1v) is 7.33. The molecule has 0 amide bonds. The van der Waals surface area contributed by atoms with Crippen LogP contribution in [0.4, 0.5) is 0 Å². The van der Waals surface area contributed by atoms with Gasteiger partial charge < -0.3 is 9.47 Å². The Morgan fingerprint density at radius 2 is 1.65 bits per heavy atom. The van der Waals surface area contributed by atoms with Crippen LogP contribution in [0, 0.1) is 0 Å². The Bertz CT molecular complexity index is 643. The molecule has 2 nitrogen and oxygen atoms in total. The number of fused-ring (bicyclic) bond motifs is 1. The van der Waals surface area contributed by atoms with Crippen LogP contribution in [0.1, 0.15) is 16.5 Å². The van der Waals surface area contributed by atoms with Gasteiger partial charge in [-0.2, -0.15) is 0 Å². The average Bonchev–Trinajstić information content (AvgIpc) is 2.48. The lowest BCUT2D eigenvalue weighted by Gasteiger charge is -2.20. The summed E-state index contributed by atoms with van der Waals surface area (Å²) >= 11 is 18.7. The zero-order chi connectivity index (χ0) is 14.1. The molecule has 0 saturated carbocycles. The van der Waals surface area contributed by atoms with Crippen LogP contribution in [0.2, 0.25) is 10.0 Å². The third-order valence-corrected chi connectivity index (χ3v) is 4.16. The number of rotatable bonds is 2. The number of ether oxygens (including phenoxy) is 2. The first-order valence-electron chi connectivity index (χ1n) is 6.14. The molecule has 0 radical (unpaired) electrons. The van der Waals surface area contributed by atoms with Crippen LogP contribution in [-0.2, 0) is 0 Å². The van der Waals surface area contributed by atoms with Gasteiger partial charge in [-0.15, -0.1) is 11.6 Å². The van der Waals surface area contributed by atoms with Crippen LogP contribution >= 0.6 is 34.8 Å². The predicted molar refractivity (Wildman–Crippen MR) is 81.6 cm³/mol. The third kappa shape index (κ3) is 2.69. The molecule has 1 aliphatic heterocycles. The molecule has 0 bridgehead atoms. The average molecular weight is 330 g/mol. The van der Waals surface area contributed by atoms with E-state index < -0.39 is 5.38 Å². The van der Waals surface area contributed by atoms with Crippen LogP contribution in [0.15, 0.2) is 36.4 Å². The highest BCUT2D eigenvalue weighted by molar-refractivity contribution is 6.35. The maximum absolute atomic E-state index is 6.51. The first kappa shape index (κ1) is 13.9. The highest BCUT2D eigenvalue weighted by Crippen LogP contribution is 2.39. The standard InChI is InChI=1S/C15H11Cl3O2/c16-10-2-3-12(17)11(8-10)15(18)9-1-4-13-14(7-9)20-6-5-19-13/h1-4,7-8,15H,5-6H2. The van der Waals surface area contributed by atoms with E-state index in [2.05, 4.69) is 0 Å². The van der Waals surface area contributed by atoms with Crippen molar-refractivity contribution in [2.75, 3.05) is 13.2 Å². The van der Waals surface area contributed by atoms with Gasteiger partial charge in [0, 0.05) is 10.0 Å². The van der Waals surface area contributed by atoms with Crippen LogP contribution in [0.5, 0.6) is 11.5 Å². The van der Waals surface area contributed by atoms with Gasteiger partial charge in [-0.25, -0.2) is 0 Å². The van der Waals surface area contributed by atoms with E-state index in [1.165, 1.54) is 0 Å². The Labute approximate surface area is 132 Å². The summed E-state index contributed by atoms with van der Waals surface area (Å²) in [7, 11) is 0. The summed E-state index contributed by atoms with van der Waals surface area (Å²) in [5.74, 6) is 1.44. The molecule has 2 aromatic carbocycles. The highest BCUT2D eigenvalue weighted by Gasteiger charge is 2.18. The molecule has 0 saturated heterocycles. The van der Waals surface area contributed by atoms with Crippen molar-refractivity contribution in [3.8, 4) is 11.5 Å². The zero-order valence-electron chi connectivity index (χ0n) is 10.4. The third-order valence-electron chi connectivity index (χ3n) is 3.09. The Kier molecular flexibility index (Phi) is 3.97. The molecule has 0 N–H and O–H groups in total. The highest BCUT2D eigenvalue weighted by atomic mass is 35.5. The molecule has 20 heavy (non-hydrogen) atoms. The van der Waals surface area contributed by atoms with Crippen LogP contribution in [0.3, 0.4) is 0 Å².